The third-order valence-corrected chi connectivity index (χ3v) is 5.69. The Bertz CT molecular complexity index is 971. The lowest BCUT2D eigenvalue weighted by molar-refractivity contribution is -0.147. The summed E-state index contributed by atoms with van der Waals surface area (Å²) in [5, 5.41) is 15.1. The number of alkyl carbamates (subject to hydrolysis) is 1. The number of aliphatic hydroxyl groups is 1. The maximum atomic E-state index is 13.9. The highest BCUT2D eigenvalue weighted by Crippen LogP contribution is 2.28. The fraction of sp³-hybridized carbons (Fsp3) is 0.571. The van der Waals surface area contributed by atoms with Crippen LogP contribution in [0.2, 0.25) is 0 Å². The number of ether oxygens (including phenoxy) is 2. The monoisotopic (exact) mass is 533 g/mol. The van der Waals surface area contributed by atoms with Crippen molar-refractivity contribution in [2.75, 3.05) is 20.3 Å². The summed E-state index contributed by atoms with van der Waals surface area (Å²) in [4.78, 5) is 53.1. The van der Waals surface area contributed by atoms with E-state index in [1.807, 2.05) is 13.8 Å². The second kappa shape index (κ2) is 15.1. The Morgan fingerprint density at radius 3 is 2.32 bits per heavy atom. The van der Waals surface area contributed by atoms with Gasteiger partial charge in [-0.3, -0.25) is 14.4 Å². The molecule has 0 radical (unpaired) electrons. The first kappa shape index (κ1) is 32.6. The largest absolute Gasteiger partial charge is 0.468 e. The van der Waals surface area contributed by atoms with Crippen LogP contribution in [0.1, 0.15) is 71.6 Å². The lowest BCUT2D eigenvalue weighted by Crippen LogP contribution is -2.57. The van der Waals surface area contributed by atoms with Gasteiger partial charge in [0, 0.05) is 6.04 Å². The van der Waals surface area contributed by atoms with Crippen LogP contribution in [0.15, 0.2) is 30.8 Å². The third kappa shape index (κ3) is 10.5. The van der Waals surface area contributed by atoms with Crippen LogP contribution >= 0.6 is 0 Å². The van der Waals surface area contributed by atoms with E-state index in [4.69, 9.17) is 4.74 Å². The van der Waals surface area contributed by atoms with Gasteiger partial charge in [0.05, 0.1) is 13.7 Å². The quantitative estimate of drug-likeness (QED) is 0.332. The molecule has 0 aromatic heterocycles. The number of esters is 1. The van der Waals surface area contributed by atoms with Gasteiger partial charge in [-0.25, -0.2) is 4.79 Å². The number of aliphatic hydroxyl groups excluding tert-OH is 1. The molecule has 3 N–H and O–H groups in total. The highest BCUT2D eigenvalue weighted by Gasteiger charge is 2.39. The molecule has 1 aromatic carbocycles. The van der Waals surface area contributed by atoms with Crippen LogP contribution in [-0.4, -0.2) is 71.8 Å². The van der Waals surface area contributed by atoms with E-state index in [1.165, 1.54) is 12.0 Å². The molecule has 0 saturated carbocycles. The molecule has 0 heterocycles. The summed E-state index contributed by atoms with van der Waals surface area (Å²) >= 11 is 0. The normalized spacial score (nSPS) is 13.6. The second-order valence-electron chi connectivity index (χ2n) is 10.5. The number of carbonyl (C=O) groups excluding carboxylic acids is 4. The SMILES string of the molecule is C=Cc1cccc(C(C(=O)NCC(=O)OC)N(C(=O)C(CO)NC(=O)OC(C)(C)C)C(C)CCC(C)C)c1. The van der Waals surface area contributed by atoms with E-state index in [0.29, 0.717) is 17.9 Å². The predicted octanol–water partition coefficient (Wildman–Crippen LogP) is 3.20. The molecule has 0 aliphatic rings. The zero-order valence-corrected chi connectivity index (χ0v) is 23.6. The maximum absolute atomic E-state index is 13.9. The first-order valence-electron chi connectivity index (χ1n) is 12.7. The number of hydrogen-bond acceptors (Lipinski definition) is 7. The molecule has 3 unspecified atom stereocenters. The van der Waals surface area contributed by atoms with E-state index in [1.54, 1.807) is 58.0 Å². The number of nitrogens with one attached hydrogen (secondary N) is 2. The maximum Gasteiger partial charge on any atom is 0.408 e. The lowest BCUT2D eigenvalue weighted by Gasteiger charge is -2.38. The zero-order valence-electron chi connectivity index (χ0n) is 23.6. The van der Waals surface area contributed by atoms with E-state index in [9.17, 15) is 24.3 Å². The first-order chi connectivity index (χ1) is 17.7. The van der Waals surface area contributed by atoms with Gasteiger partial charge in [0.25, 0.3) is 0 Å². The lowest BCUT2D eigenvalue weighted by atomic mass is 9.96. The average molecular weight is 534 g/mol. The summed E-state index contributed by atoms with van der Waals surface area (Å²) in [5.41, 5.74) is 0.378. The zero-order chi connectivity index (χ0) is 29.0. The molecular formula is C28H43N3O7. The third-order valence-electron chi connectivity index (χ3n) is 5.69. The molecule has 212 valence electrons. The Balaban J connectivity index is 3.57. The minimum atomic E-state index is -1.37. The smallest absolute Gasteiger partial charge is 0.408 e. The molecule has 3 atom stereocenters. The Labute approximate surface area is 225 Å². The average Bonchev–Trinajstić information content (AvgIpc) is 2.85. The molecule has 10 nitrogen and oxygen atoms in total. The van der Waals surface area contributed by atoms with E-state index in [2.05, 4.69) is 21.9 Å². The predicted molar refractivity (Wildman–Crippen MR) is 145 cm³/mol. The van der Waals surface area contributed by atoms with Crippen LogP contribution in [0.5, 0.6) is 0 Å². The van der Waals surface area contributed by atoms with Crippen LogP contribution in [0.3, 0.4) is 0 Å². The van der Waals surface area contributed by atoms with E-state index in [-0.39, 0.29) is 0 Å². The molecule has 0 aliphatic carbocycles. The molecule has 0 saturated heterocycles. The van der Waals surface area contributed by atoms with Gasteiger partial charge in [-0.05, 0) is 63.6 Å². The van der Waals surface area contributed by atoms with Gasteiger partial charge in [-0.2, -0.15) is 0 Å². The molecule has 10 heteroatoms. The number of methoxy groups -OCH3 is 1. The molecule has 0 aliphatic heterocycles. The molecule has 38 heavy (non-hydrogen) atoms. The molecule has 1 rings (SSSR count). The summed E-state index contributed by atoms with van der Waals surface area (Å²) < 4.78 is 9.91. The summed E-state index contributed by atoms with van der Waals surface area (Å²) in [7, 11) is 1.21. The Morgan fingerprint density at radius 1 is 1.13 bits per heavy atom. The number of carbonyl (C=O) groups is 4. The first-order valence-corrected chi connectivity index (χ1v) is 12.7. The van der Waals surface area contributed by atoms with E-state index < -0.39 is 60.8 Å². The molecular weight excluding hydrogens is 490 g/mol. The van der Waals surface area contributed by atoms with Crippen LogP contribution in [0.25, 0.3) is 6.08 Å². The van der Waals surface area contributed by atoms with Crippen molar-refractivity contribution in [1.82, 2.24) is 15.5 Å². The summed E-state index contributed by atoms with van der Waals surface area (Å²) in [5.74, 6) is -1.60. The summed E-state index contributed by atoms with van der Waals surface area (Å²) in [6.07, 6.45) is 2.05. The minimum absolute atomic E-state index is 0.332. The fourth-order valence-electron chi connectivity index (χ4n) is 3.75. The Kier molecular flexibility index (Phi) is 13.0. The Hall–Kier alpha value is -3.40. The van der Waals surface area contributed by atoms with Crippen molar-refractivity contribution in [3.8, 4) is 0 Å². The molecule has 0 spiro atoms. The van der Waals surface area contributed by atoms with Gasteiger partial charge in [-0.15, -0.1) is 0 Å². The summed E-state index contributed by atoms with van der Waals surface area (Å²) in [6.45, 7) is 13.6. The van der Waals surface area contributed by atoms with Crippen molar-refractivity contribution < 1.29 is 33.8 Å². The Morgan fingerprint density at radius 2 is 1.79 bits per heavy atom. The van der Waals surface area contributed by atoms with Gasteiger partial charge in [-0.1, -0.05) is 44.7 Å². The standard InChI is InChI=1S/C28H43N3O7/c1-9-20-11-10-12-21(15-20)24(25(34)29-16-23(33)37-8)31(19(4)14-13-18(2)3)26(35)22(17-32)30-27(36)38-28(5,6)7/h9-12,15,18-19,22,24,32H,1,13-14,16-17H2,2-8H3,(H,29,34)(H,30,36). The highest BCUT2D eigenvalue weighted by atomic mass is 16.6. The van der Waals surface area contributed by atoms with Crippen LogP contribution in [0.4, 0.5) is 4.79 Å². The number of hydrogen-bond donors (Lipinski definition) is 3. The van der Waals surface area contributed by atoms with Crippen molar-refractivity contribution in [3.05, 3.63) is 42.0 Å². The van der Waals surface area contributed by atoms with Crippen molar-refractivity contribution in [2.24, 2.45) is 5.92 Å². The van der Waals surface area contributed by atoms with Gasteiger partial charge in [0.15, 0.2) is 0 Å². The van der Waals surface area contributed by atoms with Crippen LogP contribution in [0, 0.1) is 5.92 Å². The van der Waals surface area contributed by atoms with Crippen molar-refractivity contribution in [3.63, 3.8) is 0 Å². The number of rotatable bonds is 13. The molecule has 0 bridgehead atoms. The van der Waals surface area contributed by atoms with Crippen molar-refractivity contribution in [2.45, 2.75) is 78.1 Å². The topological polar surface area (TPSA) is 134 Å². The van der Waals surface area contributed by atoms with Crippen LogP contribution in [-0.2, 0) is 23.9 Å². The highest BCUT2D eigenvalue weighted by molar-refractivity contribution is 5.93. The van der Waals surface area contributed by atoms with Gasteiger partial charge in [0.1, 0.15) is 24.2 Å². The minimum Gasteiger partial charge on any atom is -0.468 e. The second-order valence-corrected chi connectivity index (χ2v) is 10.5. The number of amides is 3. The van der Waals surface area contributed by atoms with Gasteiger partial charge >= 0.3 is 12.1 Å². The molecule has 1 aromatic rings. The van der Waals surface area contributed by atoms with Crippen molar-refractivity contribution >= 4 is 30.0 Å². The molecule has 0 fully saturated rings. The van der Waals surface area contributed by atoms with E-state index in [0.717, 1.165) is 12.0 Å². The van der Waals surface area contributed by atoms with Crippen molar-refractivity contribution in [1.29, 1.82) is 0 Å². The number of benzene rings is 1. The fourth-order valence-corrected chi connectivity index (χ4v) is 3.75. The van der Waals surface area contributed by atoms with Crippen LogP contribution < -0.4 is 10.6 Å². The van der Waals surface area contributed by atoms with Gasteiger partial charge in [0.2, 0.25) is 11.8 Å². The molecule has 3 amide bonds. The van der Waals surface area contributed by atoms with Gasteiger partial charge < -0.3 is 30.1 Å². The number of nitrogens with zero attached hydrogens (tertiary/aromatic N) is 1. The van der Waals surface area contributed by atoms with E-state index >= 15 is 0 Å². The summed E-state index contributed by atoms with van der Waals surface area (Å²) in [6, 6.07) is 3.93.